The van der Waals surface area contributed by atoms with Crippen LogP contribution >= 0.6 is 0 Å². The molecule has 0 spiro atoms. The van der Waals surface area contributed by atoms with Crippen LogP contribution in [-0.4, -0.2) is 94.6 Å². The third-order valence-corrected chi connectivity index (χ3v) is 9.62. The summed E-state index contributed by atoms with van der Waals surface area (Å²) < 4.78 is 0. The van der Waals surface area contributed by atoms with Crippen LogP contribution in [0.15, 0.2) is 72.8 Å². The van der Waals surface area contributed by atoms with Crippen LogP contribution in [0.1, 0.15) is 74.5 Å². The summed E-state index contributed by atoms with van der Waals surface area (Å²) >= 11 is 0. The van der Waals surface area contributed by atoms with E-state index in [9.17, 15) is 19.2 Å². The Balaban J connectivity index is 0.966. The van der Waals surface area contributed by atoms with Crippen molar-refractivity contribution in [1.82, 2.24) is 19.6 Å². The lowest BCUT2D eigenvalue weighted by Gasteiger charge is -2.33. The predicted octanol–water partition coefficient (Wildman–Crippen LogP) is 5.45. The highest BCUT2D eigenvalue weighted by Crippen LogP contribution is 2.32. The second kappa shape index (κ2) is 11.8. The van der Waals surface area contributed by atoms with Crippen molar-refractivity contribution in [3.8, 4) is 0 Å². The summed E-state index contributed by atoms with van der Waals surface area (Å²) in [6, 6.07) is 23.2. The van der Waals surface area contributed by atoms with Gasteiger partial charge in [-0.1, -0.05) is 48.5 Å². The van der Waals surface area contributed by atoms with Gasteiger partial charge >= 0.3 is 0 Å². The smallest absolute Gasteiger partial charge is 0.261 e. The maximum Gasteiger partial charge on any atom is 0.261 e. The molecule has 0 saturated heterocycles. The number of nitrogens with zero attached hydrogens (tertiary/aromatic N) is 4. The molecule has 7 rings (SSSR count). The molecule has 230 valence electrons. The molecule has 0 atom stereocenters. The largest absolute Gasteiger partial charge is 0.299 e. The van der Waals surface area contributed by atoms with Gasteiger partial charge in [-0.15, -0.1) is 0 Å². The Morgan fingerprint density at radius 2 is 1.02 bits per heavy atom. The molecule has 0 radical (unpaired) electrons. The fraction of sp³-hybridized carbons (Fsp3) is 0.351. The number of hydrogen-bond donors (Lipinski definition) is 0. The number of amides is 4. The molecule has 8 heteroatoms. The standard InChI is InChI=1S/C37H38N4O4/c1-24(2)38(20-22-40-34(42)28-12-3-8-25-9-4-13-29(32(25)28)35(40)43)18-7-19-39(27-16-17-27)21-23-41-36(44)30-14-5-10-26-11-6-15-31(33(26)30)37(41)45/h3-6,8-15,24,27H,7,16-23H2,1-2H3. The minimum atomic E-state index is -0.228. The van der Waals surface area contributed by atoms with E-state index < -0.39 is 0 Å². The van der Waals surface area contributed by atoms with E-state index >= 15 is 0 Å². The molecule has 1 aliphatic carbocycles. The fourth-order valence-corrected chi connectivity index (χ4v) is 7.05. The van der Waals surface area contributed by atoms with Gasteiger partial charge in [0.2, 0.25) is 0 Å². The fourth-order valence-electron chi connectivity index (χ4n) is 7.05. The summed E-state index contributed by atoms with van der Waals surface area (Å²) in [6.07, 6.45) is 3.17. The summed E-state index contributed by atoms with van der Waals surface area (Å²) in [5, 5.41) is 3.33. The summed E-state index contributed by atoms with van der Waals surface area (Å²) in [4.78, 5) is 61.1. The normalized spacial score (nSPS) is 16.4. The van der Waals surface area contributed by atoms with Gasteiger partial charge in [0.25, 0.3) is 23.6 Å². The van der Waals surface area contributed by atoms with E-state index in [0.717, 1.165) is 53.9 Å². The Bertz CT molecular complexity index is 1620. The maximum atomic E-state index is 13.4. The van der Waals surface area contributed by atoms with Crippen molar-refractivity contribution in [2.45, 2.75) is 45.2 Å². The lowest BCUT2D eigenvalue weighted by Crippen LogP contribution is -2.47. The van der Waals surface area contributed by atoms with Gasteiger partial charge in [-0.3, -0.25) is 38.8 Å². The van der Waals surface area contributed by atoms with E-state index in [-0.39, 0.29) is 29.7 Å². The van der Waals surface area contributed by atoms with Crippen molar-refractivity contribution in [3.05, 3.63) is 95.1 Å². The van der Waals surface area contributed by atoms with Gasteiger partial charge in [0.1, 0.15) is 0 Å². The van der Waals surface area contributed by atoms with E-state index in [2.05, 4.69) is 23.6 Å². The molecule has 0 N–H and O–H groups in total. The summed E-state index contributed by atoms with van der Waals surface area (Å²) in [5.41, 5.74) is 2.37. The number of rotatable bonds is 12. The molecule has 4 aromatic carbocycles. The van der Waals surface area contributed by atoms with E-state index in [1.807, 2.05) is 72.8 Å². The molecule has 8 nitrogen and oxygen atoms in total. The quantitative estimate of drug-likeness (QED) is 0.201. The van der Waals surface area contributed by atoms with Crippen LogP contribution in [0.3, 0.4) is 0 Å². The van der Waals surface area contributed by atoms with Gasteiger partial charge in [-0.2, -0.15) is 0 Å². The van der Waals surface area contributed by atoms with Gasteiger partial charge in [-0.25, -0.2) is 0 Å². The first-order valence-corrected chi connectivity index (χ1v) is 16.1. The van der Waals surface area contributed by atoms with Crippen LogP contribution in [0.4, 0.5) is 0 Å². The molecular formula is C37H38N4O4. The highest BCUT2D eigenvalue weighted by molar-refractivity contribution is 6.26. The van der Waals surface area contributed by atoms with E-state index in [4.69, 9.17) is 0 Å². The summed E-state index contributed by atoms with van der Waals surface area (Å²) in [5.74, 6) is -0.888. The third kappa shape index (κ3) is 5.32. The molecular weight excluding hydrogens is 564 g/mol. The highest BCUT2D eigenvalue weighted by Gasteiger charge is 2.35. The minimum Gasteiger partial charge on any atom is -0.299 e. The van der Waals surface area contributed by atoms with E-state index in [0.29, 0.717) is 54.5 Å². The topological polar surface area (TPSA) is 81.2 Å². The van der Waals surface area contributed by atoms with Gasteiger partial charge in [-0.05, 0) is 81.2 Å². The van der Waals surface area contributed by atoms with E-state index in [1.54, 1.807) is 0 Å². The first-order valence-electron chi connectivity index (χ1n) is 16.1. The van der Waals surface area contributed by atoms with Crippen molar-refractivity contribution in [2.75, 3.05) is 39.3 Å². The number of imide groups is 2. The zero-order valence-corrected chi connectivity index (χ0v) is 25.9. The predicted molar refractivity (Wildman–Crippen MR) is 175 cm³/mol. The second-order valence-electron chi connectivity index (χ2n) is 12.7. The average molecular weight is 603 g/mol. The van der Waals surface area contributed by atoms with Crippen molar-refractivity contribution >= 4 is 45.2 Å². The SMILES string of the molecule is CC(C)N(CCCN(CCN1C(=O)c2cccc3cccc(c23)C1=O)C1CC1)CCN1C(=O)c2cccc3cccc(c23)C1=O. The van der Waals surface area contributed by atoms with Gasteiger partial charge < -0.3 is 0 Å². The molecule has 1 fully saturated rings. The maximum absolute atomic E-state index is 13.4. The molecule has 3 aliphatic rings. The van der Waals surface area contributed by atoms with Crippen LogP contribution in [0, 0.1) is 0 Å². The molecule has 4 amide bonds. The van der Waals surface area contributed by atoms with Crippen molar-refractivity contribution in [3.63, 3.8) is 0 Å². The number of carbonyl (C=O) groups excluding carboxylic acids is 4. The molecule has 0 unspecified atom stereocenters. The van der Waals surface area contributed by atoms with Crippen LogP contribution in [0.5, 0.6) is 0 Å². The Labute approximate surface area is 263 Å². The molecule has 45 heavy (non-hydrogen) atoms. The van der Waals surface area contributed by atoms with Crippen molar-refractivity contribution < 1.29 is 19.2 Å². The van der Waals surface area contributed by atoms with Crippen molar-refractivity contribution in [1.29, 1.82) is 0 Å². The first kappa shape index (κ1) is 29.3. The van der Waals surface area contributed by atoms with E-state index in [1.165, 1.54) is 9.80 Å². The number of benzene rings is 4. The summed E-state index contributed by atoms with van der Waals surface area (Å²) in [7, 11) is 0. The molecule has 2 aliphatic heterocycles. The first-order chi connectivity index (χ1) is 21.8. The van der Waals surface area contributed by atoms with Gasteiger partial charge in [0.15, 0.2) is 0 Å². The van der Waals surface area contributed by atoms with Crippen LogP contribution < -0.4 is 0 Å². The Morgan fingerprint density at radius 1 is 0.600 bits per heavy atom. The zero-order valence-electron chi connectivity index (χ0n) is 25.9. The molecule has 2 heterocycles. The molecule has 0 bridgehead atoms. The summed E-state index contributed by atoms with van der Waals surface area (Å²) in [6.45, 7) is 7.89. The lowest BCUT2D eigenvalue weighted by atomic mass is 9.94. The average Bonchev–Trinajstić information content (AvgIpc) is 3.89. The molecule has 4 aromatic rings. The molecule has 1 saturated carbocycles. The van der Waals surface area contributed by atoms with Gasteiger partial charge in [0.05, 0.1) is 0 Å². The third-order valence-electron chi connectivity index (χ3n) is 9.62. The Hall–Kier alpha value is -4.40. The molecule has 0 aromatic heterocycles. The lowest BCUT2D eigenvalue weighted by molar-refractivity contribution is 0.0578. The monoisotopic (exact) mass is 602 g/mol. The Morgan fingerprint density at radius 3 is 1.42 bits per heavy atom. The highest BCUT2D eigenvalue weighted by atomic mass is 16.2. The number of hydrogen-bond acceptors (Lipinski definition) is 6. The zero-order chi connectivity index (χ0) is 31.2. The Kier molecular flexibility index (Phi) is 7.71. The minimum absolute atomic E-state index is 0.216. The van der Waals surface area contributed by atoms with Crippen LogP contribution in [-0.2, 0) is 0 Å². The van der Waals surface area contributed by atoms with Crippen LogP contribution in [0.25, 0.3) is 21.5 Å². The van der Waals surface area contributed by atoms with Gasteiger partial charge in [0, 0.05) is 71.3 Å². The number of carbonyl (C=O) groups is 4. The van der Waals surface area contributed by atoms with Crippen LogP contribution in [0.2, 0.25) is 0 Å². The van der Waals surface area contributed by atoms with Crippen molar-refractivity contribution in [2.24, 2.45) is 0 Å². The second-order valence-corrected chi connectivity index (χ2v) is 12.7.